The lowest BCUT2D eigenvalue weighted by molar-refractivity contribution is -0.146. The van der Waals surface area contributed by atoms with Crippen LogP contribution in [-0.2, 0) is 16.1 Å². The molecule has 0 saturated carbocycles. The zero-order valence-corrected chi connectivity index (χ0v) is 11.9. The Morgan fingerprint density at radius 1 is 1.00 bits per heavy atom. The summed E-state index contributed by atoms with van der Waals surface area (Å²) in [6.45, 7) is 0.297. The highest BCUT2D eigenvalue weighted by Crippen LogP contribution is 2.22. The molecule has 0 bridgehead atoms. The number of esters is 1. The molecule has 1 unspecified atom stereocenters. The lowest BCUT2D eigenvalue weighted by atomic mass is 9.97. The standard InChI is InChI=1S/C17H17ClO2/c18-12-11-16(15-9-5-2-6-10-15)17(19)20-13-14-7-3-1-4-8-14/h1-10,16H,11-13H2. The number of halogens is 1. The first kappa shape index (κ1) is 14.6. The SMILES string of the molecule is O=C(OCc1ccccc1)C(CCCl)c1ccccc1. The molecule has 0 aliphatic rings. The molecule has 104 valence electrons. The van der Waals surface area contributed by atoms with Crippen LogP contribution in [-0.4, -0.2) is 11.8 Å². The molecule has 0 radical (unpaired) electrons. The topological polar surface area (TPSA) is 26.3 Å². The first-order valence-electron chi connectivity index (χ1n) is 6.62. The molecular formula is C17H17ClO2. The number of ether oxygens (including phenoxy) is 1. The average molecular weight is 289 g/mol. The summed E-state index contributed by atoms with van der Waals surface area (Å²) in [5.41, 5.74) is 1.93. The smallest absolute Gasteiger partial charge is 0.313 e. The van der Waals surface area contributed by atoms with Crippen molar-refractivity contribution in [2.75, 3.05) is 5.88 Å². The third kappa shape index (κ3) is 4.10. The maximum absolute atomic E-state index is 12.2. The molecule has 20 heavy (non-hydrogen) atoms. The molecule has 0 aromatic heterocycles. The molecule has 0 N–H and O–H groups in total. The summed E-state index contributed by atoms with van der Waals surface area (Å²) >= 11 is 5.80. The molecule has 2 rings (SSSR count). The quantitative estimate of drug-likeness (QED) is 0.590. The van der Waals surface area contributed by atoms with Crippen LogP contribution in [0, 0.1) is 0 Å². The Bertz CT molecular complexity index is 525. The number of hydrogen-bond acceptors (Lipinski definition) is 2. The van der Waals surface area contributed by atoms with Gasteiger partial charge in [-0.2, -0.15) is 0 Å². The summed E-state index contributed by atoms with van der Waals surface area (Å²) in [6, 6.07) is 19.3. The zero-order valence-electron chi connectivity index (χ0n) is 11.2. The minimum atomic E-state index is -0.294. The number of alkyl halides is 1. The maximum Gasteiger partial charge on any atom is 0.313 e. The molecule has 0 fully saturated rings. The van der Waals surface area contributed by atoms with Crippen molar-refractivity contribution < 1.29 is 9.53 Å². The van der Waals surface area contributed by atoms with E-state index in [9.17, 15) is 4.79 Å². The van der Waals surface area contributed by atoms with Gasteiger partial charge < -0.3 is 4.74 Å². The Hall–Kier alpha value is -1.80. The summed E-state index contributed by atoms with van der Waals surface area (Å²) < 4.78 is 5.40. The fourth-order valence-corrected chi connectivity index (χ4v) is 2.26. The van der Waals surface area contributed by atoms with Gasteiger partial charge in [-0.05, 0) is 17.5 Å². The van der Waals surface area contributed by atoms with Gasteiger partial charge in [0.25, 0.3) is 0 Å². The van der Waals surface area contributed by atoms with Gasteiger partial charge in [0.1, 0.15) is 6.61 Å². The van der Waals surface area contributed by atoms with Crippen LogP contribution in [0.3, 0.4) is 0 Å². The monoisotopic (exact) mass is 288 g/mol. The molecular weight excluding hydrogens is 272 g/mol. The molecule has 2 nitrogen and oxygen atoms in total. The van der Waals surface area contributed by atoms with Gasteiger partial charge in [0.15, 0.2) is 0 Å². The summed E-state index contributed by atoms with van der Waals surface area (Å²) in [5, 5.41) is 0. The Morgan fingerprint density at radius 3 is 2.20 bits per heavy atom. The summed E-state index contributed by atoms with van der Waals surface area (Å²) in [5.74, 6) is -0.0851. The molecule has 0 saturated heterocycles. The third-order valence-electron chi connectivity index (χ3n) is 3.11. The van der Waals surface area contributed by atoms with Crippen molar-refractivity contribution in [2.24, 2.45) is 0 Å². The lowest BCUT2D eigenvalue weighted by Crippen LogP contribution is -2.16. The number of carbonyl (C=O) groups is 1. The number of hydrogen-bond donors (Lipinski definition) is 0. The third-order valence-corrected chi connectivity index (χ3v) is 3.33. The summed E-state index contributed by atoms with van der Waals surface area (Å²) in [7, 11) is 0. The van der Waals surface area contributed by atoms with Crippen LogP contribution < -0.4 is 0 Å². The van der Waals surface area contributed by atoms with Crippen LogP contribution in [0.15, 0.2) is 60.7 Å². The maximum atomic E-state index is 12.2. The van der Waals surface area contributed by atoms with E-state index in [-0.39, 0.29) is 11.9 Å². The summed E-state index contributed by atoms with van der Waals surface area (Å²) in [4.78, 5) is 12.2. The van der Waals surface area contributed by atoms with Crippen LogP contribution in [0.2, 0.25) is 0 Å². The molecule has 2 aromatic carbocycles. The minimum Gasteiger partial charge on any atom is -0.460 e. The largest absolute Gasteiger partial charge is 0.460 e. The average Bonchev–Trinajstić information content (AvgIpc) is 2.52. The van der Waals surface area contributed by atoms with Gasteiger partial charge in [-0.1, -0.05) is 60.7 Å². The first-order valence-corrected chi connectivity index (χ1v) is 7.16. The van der Waals surface area contributed by atoms with Crippen molar-refractivity contribution in [1.82, 2.24) is 0 Å². The van der Waals surface area contributed by atoms with Gasteiger partial charge in [0.2, 0.25) is 0 Å². The van der Waals surface area contributed by atoms with E-state index < -0.39 is 0 Å². The number of rotatable bonds is 6. The highest BCUT2D eigenvalue weighted by atomic mass is 35.5. The van der Waals surface area contributed by atoms with Crippen molar-refractivity contribution in [1.29, 1.82) is 0 Å². The Kier molecular flexibility index (Phi) is 5.63. The van der Waals surface area contributed by atoms with Crippen molar-refractivity contribution >= 4 is 17.6 Å². The predicted octanol–water partition coefficient (Wildman–Crippen LogP) is 4.14. The molecule has 0 heterocycles. The normalized spacial score (nSPS) is 11.8. The molecule has 3 heteroatoms. The van der Waals surface area contributed by atoms with E-state index in [1.54, 1.807) is 0 Å². The molecule has 0 amide bonds. The second-order valence-electron chi connectivity index (χ2n) is 4.53. The second kappa shape index (κ2) is 7.71. The summed E-state index contributed by atoms with van der Waals surface area (Å²) in [6.07, 6.45) is 0.583. The fraction of sp³-hybridized carbons (Fsp3) is 0.235. The molecule has 2 aromatic rings. The fourth-order valence-electron chi connectivity index (χ4n) is 2.04. The van der Waals surface area contributed by atoms with Crippen molar-refractivity contribution in [2.45, 2.75) is 18.9 Å². The van der Waals surface area contributed by atoms with Gasteiger partial charge >= 0.3 is 5.97 Å². The first-order chi connectivity index (χ1) is 9.81. The minimum absolute atomic E-state index is 0.222. The highest BCUT2D eigenvalue weighted by Gasteiger charge is 2.21. The number of carbonyl (C=O) groups excluding carboxylic acids is 1. The molecule has 0 spiro atoms. The van der Waals surface area contributed by atoms with Gasteiger partial charge in [0, 0.05) is 5.88 Å². The molecule has 0 aliphatic heterocycles. The Balaban J connectivity index is 2.01. The van der Waals surface area contributed by atoms with E-state index in [1.165, 1.54) is 0 Å². The van der Waals surface area contributed by atoms with E-state index in [4.69, 9.17) is 16.3 Å². The van der Waals surface area contributed by atoms with Crippen molar-refractivity contribution in [3.8, 4) is 0 Å². The van der Waals surface area contributed by atoms with Crippen LogP contribution in [0.25, 0.3) is 0 Å². The van der Waals surface area contributed by atoms with Gasteiger partial charge in [-0.3, -0.25) is 4.79 Å². The van der Waals surface area contributed by atoms with E-state index in [2.05, 4.69) is 0 Å². The van der Waals surface area contributed by atoms with E-state index in [1.807, 2.05) is 60.7 Å². The number of benzene rings is 2. The van der Waals surface area contributed by atoms with Crippen LogP contribution >= 0.6 is 11.6 Å². The Morgan fingerprint density at radius 2 is 1.60 bits per heavy atom. The Labute approximate surface area is 124 Å². The molecule has 0 aliphatic carbocycles. The van der Waals surface area contributed by atoms with E-state index >= 15 is 0 Å². The van der Waals surface area contributed by atoms with E-state index in [0.29, 0.717) is 18.9 Å². The predicted molar refractivity (Wildman–Crippen MR) is 80.8 cm³/mol. The highest BCUT2D eigenvalue weighted by molar-refractivity contribution is 6.18. The van der Waals surface area contributed by atoms with Gasteiger partial charge in [0.05, 0.1) is 5.92 Å². The van der Waals surface area contributed by atoms with E-state index in [0.717, 1.165) is 11.1 Å². The lowest BCUT2D eigenvalue weighted by Gasteiger charge is -2.15. The van der Waals surface area contributed by atoms with Gasteiger partial charge in [-0.25, -0.2) is 0 Å². The van der Waals surface area contributed by atoms with Crippen LogP contribution in [0.5, 0.6) is 0 Å². The van der Waals surface area contributed by atoms with Gasteiger partial charge in [-0.15, -0.1) is 11.6 Å². The van der Waals surface area contributed by atoms with Crippen molar-refractivity contribution in [3.05, 3.63) is 71.8 Å². The van der Waals surface area contributed by atoms with Crippen molar-refractivity contribution in [3.63, 3.8) is 0 Å². The van der Waals surface area contributed by atoms with Crippen LogP contribution in [0.1, 0.15) is 23.5 Å². The second-order valence-corrected chi connectivity index (χ2v) is 4.91. The van der Waals surface area contributed by atoms with Crippen LogP contribution in [0.4, 0.5) is 0 Å². The molecule has 1 atom stereocenters. The zero-order chi connectivity index (χ0) is 14.2.